The maximum Gasteiger partial charge on any atom is 0.251 e. The van der Waals surface area contributed by atoms with Gasteiger partial charge in [0, 0.05) is 16.1 Å². The number of carbonyl (C=O) groups is 1. The summed E-state index contributed by atoms with van der Waals surface area (Å²) in [6.45, 7) is 0.191. The molecule has 26 heavy (non-hydrogen) atoms. The quantitative estimate of drug-likeness (QED) is 0.750. The molecule has 6 heteroatoms. The Morgan fingerprint density at radius 3 is 2.65 bits per heavy atom. The van der Waals surface area contributed by atoms with Crippen LogP contribution in [-0.4, -0.2) is 16.0 Å². The van der Waals surface area contributed by atoms with Crippen LogP contribution in [0, 0.1) is 0 Å². The minimum atomic E-state index is -0.135. The van der Waals surface area contributed by atoms with Crippen molar-refractivity contribution >= 4 is 17.5 Å². The predicted molar refractivity (Wildman–Crippen MR) is 99.0 cm³/mol. The highest BCUT2D eigenvalue weighted by molar-refractivity contribution is 6.30. The minimum Gasteiger partial charge on any atom is -0.343 e. The number of aromatic nitrogens is 2. The number of nitrogens with one attached hydrogen (secondary N) is 1. The fourth-order valence-corrected chi connectivity index (χ4v) is 3.30. The number of rotatable bonds is 4. The molecule has 0 radical (unpaired) electrons. The molecule has 0 bridgehead atoms. The fraction of sp³-hybridized carbons (Fsp3) is 0.250. The molecule has 0 unspecified atom stereocenters. The van der Waals surface area contributed by atoms with Crippen molar-refractivity contribution in [3.63, 3.8) is 0 Å². The summed E-state index contributed by atoms with van der Waals surface area (Å²) in [7, 11) is 0. The molecule has 0 atom stereocenters. The van der Waals surface area contributed by atoms with Crippen LogP contribution in [0.25, 0.3) is 11.4 Å². The molecule has 1 heterocycles. The predicted octanol–water partition coefficient (Wildman–Crippen LogP) is 4.20. The number of nitrogens with zero attached hydrogens (tertiary/aromatic N) is 2. The molecular formula is C20H18ClN3O2. The highest BCUT2D eigenvalue weighted by atomic mass is 35.5. The molecule has 1 aromatic heterocycles. The minimum absolute atomic E-state index is 0.135. The first-order valence-electron chi connectivity index (χ1n) is 8.67. The molecule has 5 nitrogen and oxygen atoms in total. The summed E-state index contributed by atoms with van der Waals surface area (Å²) >= 11 is 5.88. The van der Waals surface area contributed by atoms with Gasteiger partial charge >= 0.3 is 0 Å². The third-order valence-corrected chi connectivity index (χ3v) is 4.83. The number of hydrogen-bond donors (Lipinski definition) is 1. The molecule has 132 valence electrons. The Bertz CT molecular complexity index is 934. The van der Waals surface area contributed by atoms with Gasteiger partial charge in [0.25, 0.3) is 5.91 Å². The Labute approximate surface area is 156 Å². The zero-order chi connectivity index (χ0) is 17.9. The van der Waals surface area contributed by atoms with Crippen LogP contribution in [0.5, 0.6) is 0 Å². The Hall–Kier alpha value is -2.66. The number of fused-ring (bicyclic) bond motifs is 1. The topological polar surface area (TPSA) is 68.0 Å². The first-order valence-corrected chi connectivity index (χ1v) is 9.05. The largest absolute Gasteiger partial charge is 0.343 e. The second kappa shape index (κ2) is 7.30. The van der Waals surface area contributed by atoms with Crippen molar-refractivity contribution in [1.82, 2.24) is 15.5 Å². The summed E-state index contributed by atoms with van der Waals surface area (Å²) < 4.78 is 5.22. The van der Waals surface area contributed by atoms with Crippen LogP contribution in [0.1, 0.15) is 40.2 Å². The summed E-state index contributed by atoms with van der Waals surface area (Å²) in [6.07, 6.45) is 4.57. The number of hydrogen-bond acceptors (Lipinski definition) is 4. The average Bonchev–Trinajstić information content (AvgIpc) is 3.15. The van der Waals surface area contributed by atoms with E-state index in [0.29, 0.717) is 22.3 Å². The van der Waals surface area contributed by atoms with Gasteiger partial charge in [-0.05, 0) is 73.2 Å². The van der Waals surface area contributed by atoms with E-state index in [2.05, 4.69) is 21.5 Å². The van der Waals surface area contributed by atoms with Gasteiger partial charge in [0.05, 0.1) is 6.54 Å². The van der Waals surface area contributed by atoms with E-state index in [9.17, 15) is 4.79 Å². The monoisotopic (exact) mass is 367 g/mol. The lowest BCUT2D eigenvalue weighted by atomic mass is 9.90. The van der Waals surface area contributed by atoms with E-state index in [4.69, 9.17) is 16.1 Å². The van der Waals surface area contributed by atoms with Crippen molar-refractivity contribution in [2.45, 2.75) is 32.2 Å². The Kier molecular flexibility index (Phi) is 4.71. The van der Waals surface area contributed by atoms with Crippen molar-refractivity contribution in [3.05, 3.63) is 70.1 Å². The summed E-state index contributed by atoms with van der Waals surface area (Å²) in [5, 5.41) is 7.43. The summed E-state index contributed by atoms with van der Waals surface area (Å²) in [5.41, 5.74) is 4.12. The van der Waals surface area contributed by atoms with E-state index < -0.39 is 0 Å². The summed E-state index contributed by atoms with van der Waals surface area (Å²) in [6, 6.07) is 13.1. The van der Waals surface area contributed by atoms with Gasteiger partial charge in [-0.25, -0.2) is 0 Å². The van der Waals surface area contributed by atoms with Crippen LogP contribution in [0.15, 0.2) is 47.0 Å². The Morgan fingerprint density at radius 2 is 1.85 bits per heavy atom. The lowest BCUT2D eigenvalue weighted by Gasteiger charge is -2.16. The van der Waals surface area contributed by atoms with Crippen LogP contribution >= 0.6 is 11.6 Å². The molecule has 0 spiro atoms. The fourth-order valence-electron chi connectivity index (χ4n) is 3.18. The second-order valence-electron chi connectivity index (χ2n) is 6.39. The SMILES string of the molecule is O=C(NCc1nc(-c2ccc(Cl)cc2)no1)c1ccc2c(c1)CCCC2. The van der Waals surface area contributed by atoms with Crippen LogP contribution in [0.2, 0.25) is 5.02 Å². The van der Waals surface area contributed by atoms with E-state index >= 15 is 0 Å². The highest BCUT2D eigenvalue weighted by Gasteiger charge is 2.14. The van der Waals surface area contributed by atoms with Gasteiger partial charge in [0.15, 0.2) is 0 Å². The van der Waals surface area contributed by atoms with E-state index in [0.717, 1.165) is 18.4 Å². The van der Waals surface area contributed by atoms with Crippen molar-refractivity contribution < 1.29 is 9.32 Å². The molecule has 1 N–H and O–H groups in total. The van der Waals surface area contributed by atoms with E-state index in [1.54, 1.807) is 12.1 Å². The van der Waals surface area contributed by atoms with Gasteiger partial charge in [-0.3, -0.25) is 4.79 Å². The number of benzene rings is 2. The molecule has 2 aromatic carbocycles. The van der Waals surface area contributed by atoms with Gasteiger partial charge < -0.3 is 9.84 Å². The molecular weight excluding hydrogens is 350 g/mol. The van der Waals surface area contributed by atoms with Crippen LogP contribution in [0.4, 0.5) is 0 Å². The van der Waals surface area contributed by atoms with Crippen LogP contribution in [-0.2, 0) is 19.4 Å². The third kappa shape index (κ3) is 3.63. The Balaban J connectivity index is 1.41. The van der Waals surface area contributed by atoms with Gasteiger partial charge in [-0.2, -0.15) is 4.98 Å². The number of amides is 1. The van der Waals surface area contributed by atoms with Crippen molar-refractivity contribution in [2.75, 3.05) is 0 Å². The lowest BCUT2D eigenvalue weighted by molar-refractivity contribution is 0.0946. The standard InChI is InChI=1S/C20H18ClN3O2/c21-17-9-7-14(8-10-17)19-23-18(26-24-19)12-22-20(25)16-6-5-13-3-1-2-4-15(13)11-16/h5-11H,1-4,12H2,(H,22,25). The number of aryl methyl sites for hydroxylation is 2. The third-order valence-electron chi connectivity index (χ3n) is 4.58. The molecule has 4 rings (SSSR count). The highest BCUT2D eigenvalue weighted by Crippen LogP contribution is 2.22. The molecule has 1 aliphatic carbocycles. The average molecular weight is 368 g/mol. The van der Waals surface area contributed by atoms with Crippen LogP contribution in [0.3, 0.4) is 0 Å². The van der Waals surface area contributed by atoms with Crippen molar-refractivity contribution in [1.29, 1.82) is 0 Å². The van der Waals surface area contributed by atoms with Gasteiger partial charge in [-0.15, -0.1) is 0 Å². The molecule has 0 fully saturated rings. The zero-order valence-corrected chi connectivity index (χ0v) is 14.9. The number of halogens is 1. The summed E-state index contributed by atoms with van der Waals surface area (Å²) in [4.78, 5) is 16.7. The van der Waals surface area contributed by atoms with Crippen molar-refractivity contribution in [2.24, 2.45) is 0 Å². The molecule has 1 amide bonds. The first kappa shape index (κ1) is 16.8. The Morgan fingerprint density at radius 1 is 1.08 bits per heavy atom. The van der Waals surface area contributed by atoms with Crippen LogP contribution < -0.4 is 5.32 Å². The molecule has 1 aliphatic rings. The smallest absolute Gasteiger partial charge is 0.251 e. The molecule has 3 aromatic rings. The second-order valence-corrected chi connectivity index (χ2v) is 6.83. The van der Waals surface area contributed by atoms with Gasteiger partial charge in [0.1, 0.15) is 0 Å². The summed E-state index contributed by atoms with van der Waals surface area (Å²) in [5.74, 6) is 0.700. The molecule has 0 aliphatic heterocycles. The van der Waals surface area contributed by atoms with Crippen molar-refractivity contribution in [3.8, 4) is 11.4 Å². The zero-order valence-electron chi connectivity index (χ0n) is 14.2. The van der Waals surface area contributed by atoms with E-state index in [-0.39, 0.29) is 12.5 Å². The van der Waals surface area contributed by atoms with Gasteiger partial charge in [0.2, 0.25) is 11.7 Å². The maximum atomic E-state index is 12.4. The maximum absolute atomic E-state index is 12.4. The molecule has 0 saturated heterocycles. The van der Waals surface area contributed by atoms with E-state index in [1.165, 1.54) is 24.0 Å². The first-order chi connectivity index (χ1) is 12.7. The molecule has 0 saturated carbocycles. The van der Waals surface area contributed by atoms with E-state index in [1.807, 2.05) is 24.3 Å². The number of carbonyl (C=O) groups excluding carboxylic acids is 1. The lowest BCUT2D eigenvalue weighted by Crippen LogP contribution is -2.23. The van der Waals surface area contributed by atoms with Gasteiger partial charge in [-0.1, -0.05) is 22.8 Å². The normalized spacial score (nSPS) is 13.3.